The zero-order chi connectivity index (χ0) is 17.9. The number of ether oxygens (including phenoxy) is 1. The predicted molar refractivity (Wildman–Crippen MR) is 94.4 cm³/mol. The molecule has 128 valence electrons. The van der Waals surface area contributed by atoms with E-state index in [-0.39, 0.29) is 11.0 Å². The number of nitrogens with zero attached hydrogens (tertiary/aromatic N) is 2. The first-order valence-electron chi connectivity index (χ1n) is 8.32. The summed E-state index contributed by atoms with van der Waals surface area (Å²) >= 11 is 0. The number of nitriles is 1. The van der Waals surface area contributed by atoms with Gasteiger partial charge in [0.25, 0.3) is 0 Å². The average Bonchev–Trinajstić information content (AvgIpc) is 2.64. The van der Waals surface area contributed by atoms with Crippen molar-refractivity contribution < 1.29 is 9.53 Å². The van der Waals surface area contributed by atoms with Crippen LogP contribution in [0.25, 0.3) is 11.1 Å². The number of rotatable bonds is 4. The third-order valence-electron chi connectivity index (χ3n) is 4.77. The lowest BCUT2D eigenvalue weighted by Crippen LogP contribution is -2.33. The molecule has 1 aromatic heterocycles. The van der Waals surface area contributed by atoms with Gasteiger partial charge in [0.15, 0.2) is 11.7 Å². The molecule has 0 N–H and O–H groups in total. The number of hydrogen-bond acceptors (Lipinski definition) is 4. The van der Waals surface area contributed by atoms with Crippen LogP contribution in [0.5, 0.6) is 0 Å². The summed E-state index contributed by atoms with van der Waals surface area (Å²) in [6, 6.07) is 10.0. The summed E-state index contributed by atoms with van der Waals surface area (Å²) in [5.74, 6) is 0. The Balaban J connectivity index is 2.04. The predicted octanol–water partition coefficient (Wildman–Crippen LogP) is 2.96. The van der Waals surface area contributed by atoms with Crippen molar-refractivity contribution in [2.75, 3.05) is 13.2 Å². The summed E-state index contributed by atoms with van der Waals surface area (Å²) in [6.07, 6.45) is 5.16. The normalized spacial score (nSPS) is 16.2. The third-order valence-corrected chi connectivity index (χ3v) is 4.77. The number of benzene rings is 1. The van der Waals surface area contributed by atoms with E-state index in [0.717, 1.165) is 11.1 Å². The van der Waals surface area contributed by atoms with Crippen molar-refractivity contribution in [3.05, 3.63) is 58.0 Å². The smallest absolute Gasteiger partial charge is 0.199 e. The van der Waals surface area contributed by atoms with Gasteiger partial charge in [-0.1, -0.05) is 29.8 Å². The lowest BCUT2D eigenvalue weighted by molar-refractivity contribution is 0.0332. The van der Waals surface area contributed by atoms with Gasteiger partial charge in [-0.25, -0.2) is 0 Å². The number of aromatic nitrogens is 1. The Morgan fingerprint density at radius 2 is 1.92 bits per heavy atom. The Labute approximate surface area is 146 Å². The largest absolute Gasteiger partial charge is 0.381 e. The summed E-state index contributed by atoms with van der Waals surface area (Å²) in [4.78, 5) is 23.9. The Morgan fingerprint density at radius 3 is 2.52 bits per heavy atom. The molecule has 25 heavy (non-hydrogen) atoms. The van der Waals surface area contributed by atoms with Crippen molar-refractivity contribution in [3.8, 4) is 17.2 Å². The van der Waals surface area contributed by atoms with Crippen LogP contribution in [0.3, 0.4) is 0 Å². The third kappa shape index (κ3) is 3.54. The van der Waals surface area contributed by atoms with Crippen molar-refractivity contribution >= 4 is 6.29 Å². The Morgan fingerprint density at radius 1 is 1.24 bits per heavy atom. The van der Waals surface area contributed by atoms with E-state index in [1.807, 2.05) is 31.2 Å². The van der Waals surface area contributed by atoms with E-state index in [1.54, 1.807) is 17.0 Å². The van der Waals surface area contributed by atoms with E-state index in [1.165, 1.54) is 0 Å². The highest BCUT2D eigenvalue weighted by molar-refractivity contribution is 5.78. The van der Waals surface area contributed by atoms with Crippen LogP contribution in [-0.2, 0) is 11.3 Å². The van der Waals surface area contributed by atoms with Gasteiger partial charge in [0.2, 0.25) is 0 Å². The number of carbonyl (C=O) groups is 1. The lowest BCUT2D eigenvalue weighted by atomic mass is 9.81. The summed E-state index contributed by atoms with van der Waals surface area (Å²) in [5.41, 5.74) is 1.64. The zero-order valence-electron chi connectivity index (χ0n) is 14.2. The highest BCUT2D eigenvalue weighted by Gasteiger charge is 2.33. The monoisotopic (exact) mass is 336 g/mol. The molecule has 0 radical (unpaired) electrons. The molecule has 0 bridgehead atoms. The second-order valence-corrected chi connectivity index (χ2v) is 6.62. The molecule has 1 aromatic carbocycles. The fraction of sp³-hybridized carbons (Fsp3) is 0.350. The van der Waals surface area contributed by atoms with Gasteiger partial charge in [0, 0.05) is 37.7 Å². The molecule has 5 nitrogen and oxygen atoms in total. The van der Waals surface area contributed by atoms with E-state index < -0.39 is 5.41 Å². The van der Waals surface area contributed by atoms with Crippen molar-refractivity contribution in [1.82, 2.24) is 4.57 Å². The van der Waals surface area contributed by atoms with Crippen LogP contribution in [0, 0.1) is 23.7 Å². The molecule has 2 heterocycles. The molecule has 0 saturated carbocycles. The number of hydrogen-bond donors (Lipinski definition) is 0. The van der Waals surface area contributed by atoms with Crippen molar-refractivity contribution in [3.63, 3.8) is 0 Å². The molecule has 0 spiro atoms. The molecule has 0 aliphatic carbocycles. The second kappa shape index (κ2) is 7.04. The minimum Gasteiger partial charge on any atom is -0.381 e. The molecular formula is C20H20N2O3. The maximum atomic E-state index is 12.5. The van der Waals surface area contributed by atoms with E-state index >= 15 is 0 Å². The lowest BCUT2D eigenvalue weighted by Gasteiger charge is -2.31. The fourth-order valence-corrected chi connectivity index (χ4v) is 3.19. The summed E-state index contributed by atoms with van der Waals surface area (Å²) in [5, 5.41) is 9.65. The van der Waals surface area contributed by atoms with Gasteiger partial charge in [-0.2, -0.15) is 5.26 Å². The Hall–Kier alpha value is -2.71. The SMILES string of the molecule is Cc1ccc(-c2cn(CC3(C#N)CCOCC3)cc(C=O)c2=O)cc1. The molecule has 5 heteroatoms. The van der Waals surface area contributed by atoms with E-state index in [0.29, 0.717) is 44.4 Å². The van der Waals surface area contributed by atoms with Gasteiger partial charge in [0.1, 0.15) is 0 Å². The van der Waals surface area contributed by atoms with Gasteiger partial charge < -0.3 is 9.30 Å². The van der Waals surface area contributed by atoms with Gasteiger partial charge >= 0.3 is 0 Å². The number of aldehydes is 1. The standard InChI is InChI=1S/C20H20N2O3/c1-15-2-4-16(5-3-15)18-11-22(10-17(12-23)19(18)24)14-20(13-21)6-8-25-9-7-20/h2-5,10-12H,6-9,14H2,1H3. The minimum absolute atomic E-state index is 0.109. The number of aryl methyl sites for hydroxylation is 1. The van der Waals surface area contributed by atoms with Crippen molar-refractivity contribution in [2.24, 2.45) is 5.41 Å². The van der Waals surface area contributed by atoms with Crippen LogP contribution in [-0.4, -0.2) is 24.1 Å². The molecule has 1 fully saturated rings. The zero-order valence-corrected chi connectivity index (χ0v) is 14.2. The van der Waals surface area contributed by atoms with E-state index in [4.69, 9.17) is 4.74 Å². The van der Waals surface area contributed by atoms with Crippen molar-refractivity contribution in [1.29, 1.82) is 5.26 Å². The molecule has 0 amide bonds. The van der Waals surface area contributed by atoms with Gasteiger partial charge in [-0.15, -0.1) is 0 Å². The average molecular weight is 336 g/mol. The van der Waals surface area contributed by atoms with Crippen LogP contribution in [0.2, 0.25) is 0 Å². The molecule has 1 aliphatic rings. The van der Waals surface area contributed by atoms with Gasteiger partial charge in [-0.3, -0.25) is 9.59 Å². The van der Waals surface area contributed by atoms with Crippen molar-refractivity contribution in [2.45, 2.75) is 26.3 Å². The quantitative estimate of drug-likeness (QED) is 0.805. The second-order valence-electron chi connectivity index (χ2n) is 6.62. The molecule has 0 atom stereocenters. The van der Waals surface area contributed by atoms with Crippen LogP contribution in [0.15, 0.2) is 41.5 Å². The molecule has 0 unspecified atom stereocenters. The molecule has 1 aliphatic heterocycles. The maximum absolute atomic E-state index is 12.5. The topological polar surface area (TPSA) is 72.1 Å². The highest BCUT2D eigenvalue weighted by Crippen LogP contribution is 2.32. The van der Waals surface area contributed by atoms with E-state index in [9.17, 15) is 14.9 Å². The van der Waals surface area contributed by atoms with Crippen LogP contribution < -0.4 is 5.43 Å². The maximum Gasteiger partial charge on any atom is 0.199 e. The van der Waals surface area contributed by atoms with Crippen LogP contribution in [0.4, 0.5) is 0 Å². The van der Waals surface area contributed by atoms with E-state index in [2.05, 4.69) is 6.07 Å². The first-order valence-corrected chi connectivity index (χ1v) is 8.32. The van der Waals surface area contributed by atoms with Gasteiger partial charge in [0.05, 0.1) is 17.0 Å². The molecule has 1 saturated heterocycles. The minimum atomic E-state index is -0.530. The summed E-state index contributed by atoms with van der Waals surface area (Å²) in [6.45, 7) is 3.52. The van der Waals surface area contributed by atoms with Gasteiger partial charge in [-0.05, 0) is 25.3 Å². The van der Waals surface area contributed by atoms with Crippen LogP contribution >= 0.6 is 0 Å². The summed E-state index contributed by atoms with van der Waals surface area (Å²) in [7, 11) is 0. The van der Waals surface area contributed by atoms with Crippen LogP contribution in [0.1, 0.15) is 28.8 Å². The molecule has 2 aromatic rings. The fourth-order valence-electron chi connectivity index (χ4n) is 3.19. The Kier molecular flexibility index (Phi) is 4.82. The highest BCUT2D eigenvalue weighted by atomic mass is 16.5. The first-order chi connectivity index (χ1) is 12.1. The molecular weight excluding hydrogens is 316 g/mol. The Bertz CT molecular complexity index is 869. The first kappa shape index (κ1) is 17.1. The number of carbonyl (C=O) groups excluding carboxylic acids is 1. The summed E-state index contributed by atoms with van der Waals surface area (Å²) < 4.78 is 7.17. The number of pyridine rings is 1. The molecule has 3 rings (SSSR count).